The number of carbonyl (C=O) groups is 1. The highest BCUT2D eigenvalue weighted by atomic mass is 19.1. The maximum absolute atomic E-state index is 13.5. The first-order valence-corrected chi connectivity index (χ1v) is 10.3. The van der Waals surface area contributed by atoms with Crippen molar-refractivity contribution in [2.75, 3.05) is 26.2 Å². The van der Waals surface area contributed by atoms with Crippen molar-refractivity contribution in [3.8, 4) is 11.5 Å². The second-order valence-electron chi connectivity index (χ2n) is 7.79. The quantitative estimate of drug-likeness (QED) is 0.575. The van der Waals surface area contributed by atoms with Gasteiger partial charge in [-0.25, -0.2) is 9.38 Å². The lowest BCUT2D eigenvalue weighted by atomic mass is 10.1. The zero-order valence-electron chi connectivity index (χ0n) is 17.2. The third-order valence-corrected chi connectivity index (χ3v) is 5.63. The number of benzene rings is 3. The minimum Gasteiger partial charge on any atom is -0.454 e. The lowest BCUT2D eigenvalue weighted by molar-refractivity contribution is 0.0691. The van der Waals surface area contributed by atoms with E-state index in [1.807, 2.05) is 49.4 Å². The number of ether oxygens (including phenoxy) is 1. The molecule has 1 saturated heterocycles. The Hall–Kier alpha value is -3.67. The first-order valence-electron chi connectivity index (χ1n) is 10.3. The predicted molar refractivity (Wildman–Crippen MR) is 118 cm³/mol. The topological polar surface area (TPSA) is 45.1 Å². The molecule has 0 aromatic heterocycles. The van der Waals surface area contributed by atoms with Crippen LogP contribution < -0.4 is 4.74 Å². The molecule has 5 rings (SSSR count). The summed E-state index contributed by atoms with van der Waals surface area (Å²) in [5.41, 5.74) is 3.21. The Morgan fingerprint density at radius 2 is 1.74 bits per heavy atom. The number of para-hydroxylation sites is 1. The van der Waals surface area contributed by atoms with Crippen molar-refractivity contribution in [3.05, 3.63) is 89.2 Å². The first-order chi connectivity index (χ1) is 15.1. The number of rotatable bonds is 1. The second kappa shape index (κ2) is 7.87. The van der Waals surface area contributed by atoms with Crippen molar-refractivity contribution in [3.63, 3.8) is 0 Å². The van der Waals surface area contributed by atoms with Crippen LogP contribution in [0.3, 0.4) is 0 Å². The lowest BCUT2D eigenvalue weighted by Gasteiger charge is -2.36. The molecule has 2 aliphatic rings. The molecular weight excluding hydrogens is 393 g/mol. The number of halogens is 1. The SMILES string of the molecule is Cc1ccc2c(c1)Oc1ccccc1C(N1CCN(C(=O)c3cccc(F)c3)CC1)=N2. The minimum absolute atomic E-state index is 0.147. The number of fused-ring (bicyclic) bond motifs is 2. The summed E-state index contributed by atoms with van der Waals surface area (Å²) in [6.07, 6.45) is 0. The summed E-state index contributed by atoms with van der Waals surface area (Å²) in [7, 11) is 0. The van der Waals surface area contributed by atoms with Crippen molar-refractivity contribution in [2.45, 2.75) is 6.92 Å². The fourth-order valence-electron chi connectivity index (χ4n) is 4.00. The Labute approximate surface area is 180 Å². The molecule has 0 aliphatic carbocycles. The molecule has 3 aromatic rings. The number of hydrogen-bond donors (Lipinski definition) is 0. The standard InChI is InChI=1S/C25H22FN3O2/c1-17-9-10-21-23(15-17)31-22-8-3-2-7-20(22)24(27-21)28-11-13-29(14-12-28)25(30)18-5-4-6-19(26)16-18/h2-10,15-16H,11-14H2,1H3. The molecule has 0 unspecified atom stereocenters. The van der Waals surface area contributed by atoms with E-state index < -0.39 is 5.82 Å². The van der Waals surface area contributed by atoms with Gasteiger partial charge in [-0.3, -0.25) is 4.79 Å². The summed E-state index contributed by atoms with van der Waals surface area (Å²) in [5.74, 6) is 1.80. The van der Waals surface area contributed by atoms with E-state index in [1.54, 1.807) is 17.0 Å². The Morgan fingerprint density at radius 1 is 0.935 bits per heavy atom. The second-order valence-corrected chi connectivity index (χ2v) is 7.79. The van der Waals surface area contributed by atoms with Gasteiger partial charge in [0.25, 0.3) is 5.91 Å². The van der Waals surface area contributed by atoms with E-state index in [-0.39, 0.29) is 5.91 Å². The molecule has 0 spiro atoms. The predicted octanol–water partition coefficient (Wildman–Crippen LogP) is 4.78. The normalized spacial score (nSPS) is 15.4. The molecule has 1 amide bonds. The van der Waals surface area contributed by atoms with Gasteiger partial charge in [-0.05, 0) is 55.0 Å². The summed E-state index contributed by atoms with van der Waals surface area (Å²) in [5, 5.41) is 0. The molecule has 0 saturated carbocycles. The summed E-state index contributed by atoms with van der Waals surface area (Å²) < 4.78 is 19.7. The smallest absolute Gasteiger partial charge is 0.254 e. The fraction of sp³-hybridized carbons (Fsp3) is 0.200. The molecule has 5 nitrogen and oxygen atoms in total. The molecule has 2 aliphatic heterocycles. The number of aliphatic imine (C=N–C) groups is 1. The fourth-order valence-corrected chi connectivity index (χ4v) is 4.00. The Balaban J connectivity index is 1.41. The van der Waals surface area contributed by atoms with Gasteiger partial charge >= 0.3 is 0 Å². The van der Waals surface area contributed by atoms with Gasteiger partial charge in [0.2, 0.25) is 0 Å². The number of hydrogen-bond acceptors (Lipinski definition) is 4. The molecule has 0 N–H and O–H groups in total. The molecule has 6 heteroatoms. The van der Waals surface area contributed by atoms with Gasteiger partial charge < -0.3 is 14.5 Å². The highest BCUT2D eigenvalue weighted by molar-refractivity contribution is 6.04. The van der Waals surface area contributed by atoms with E-state index in [9.17, 15) is 9.18 Å². The zero-order chi connectivity index (χ0) is 21.4. The van der Waals surface area contributed by atoms with E-state index in [0.717, 1.165) is 34.1 Å². The van der Waals surface area contributed by atoms with Crippen molar-refractivity contribution in [1.82, 2.24) is 9.80 Å². The van der Waals surface area contributed by atoms with E-state index in [2.05, 4.69) is 4.90 Å². The van der Waals surface area contributed by atoms with Crippen molar-refractivity contribution in [1.29, 1.82) is 0 Å². The van der Waals surface area contributed by atoms with Crippen LogP contribution >= 0.6 is 0 Å². The summed E-state index contributed by atoms with van der Waals surface area (Å²) in [6, 6.07) is 19.7. The van der Waals surface area contributed by atoms with Crippen LogP contribution in [0.2, 0.25) is 0 Å². The van der Waals surface area contributed by atoms with Crippen molar-refractivity contribution in [2.24, 2.45) is 4.99 Å². The molecular formula is C25H22FN3O2. The van der Waals surface area contributed by atoms with E-state index in [0.29, 0.717) is 31.7 Å². The molecule has 0 atom stereocenters. The van der Waals surface area contributed by atoms with E-state index in [4.69, 9.17) is 9.73 Å². The molecule has 1 fully saturated rings. The first kappa shape index (κ1) is 19.3. The number of aryl methyl sites for hydroxylation is 1. The highest BCUT2D eigenvalue weighted by Crippen LogP contribution is 2.38. The molecule has 0 bridgehead atoms. The number of amides is 1. The van der Waals surface area contributed by atoms with Crippen LogP contribution in [0.15, 0.2) is 71.7 Å². The maximum atomic E-state index is 13.5. The summed E-state index contributed by atoms with van der Waals surface area (Å²) >= 11 is 0. The lowest BCUT2D eigenvalue weighted by Crippen LogP contribution is -2.50. The van der Waals surface area contributed by atoms with E-state index in [1.165, 1.54) is 12.1 Å². The van der Waals surface area contributed by atoms with Gasteiger partial charge in [0.15, 0.2) is 5.75 Å². The highest BCUT2D eigenvalue weighted by Gasteiger charge is 2.28. The molecule has 0 radical (unpaired) electrons. The number of nitrogens with zero attached hydrogens (tertiary/aromatic N) is 3. The van der Waals surface area contributed by atoms with Crippen LogP contribution in [-0.4, -0.2) is 47.7 Å². The number of amidine groups is 1. The molecule has 31 heavy (non-hydrogen) atoms. The van der Waals surface area contributed by atoms with Crippen LogP contribution in [0.25, 0.3) is 0 Å². The number of piperazine rings is 1. The molecule has 2 heterocycles. The van der Waals surface area contributed by atoms with Gasteiger partial charge in [0, 0.05) is 31.7 Å². The van der Waals surface area contributed by atoms with Crippen LogP contribution in [0.1, 0.15) is 21.5 Å². The molecule has 3 aromatic carbocycles. The molecule has 156 valence electrons. The Kier molecular flexibility index (Phi) is 4.90. The third kappa shape index (κ3) is 3.77. The zero-order valence-corrected chi connectivity index (χ0v) is 17.2. The van der Waals surface area contributed by atoms with Crippen molar-refractivity contribution >= 4 is 17.4 Å². The van der Waals surface area contributed by atoms with Gasteiger partial charge in [-0.15, -0.1) is 0 Å². The van der Waals surface area contributed by atoms with Crippen LogP contribution in [0.5, 0.6) is 11.5 Å². The summed E-state index contributed by atoms with van der Waals surface area (Å²) in [4.78, 5) is 21.7. The van der Waals surface area contributed by atoms with Gasteiger partial charge in [-0.2, -0.15) is 0 Å². The minimum atomic E-state index is -0.400. The average molecular weight is 415 g/mol. The largest absolute Gasteiger partial charge is 0.454 e. The van der Waals surface area contributed by atoms with Crippen LogP contribution in [0, 0.1) is 12.7 Å². The van der Waals surface area contributed by atoms with Gasteiger partial charge in [0.05, 0.1) is 5.56 Å². The number of carbonyl (C=O) groups excluding carboxylic acids is 1. The maximum Gasteiger partial charge on any atom is 0.254 e. The van der Waals surface area contributed by atoms with Gasteiger partial charge in [0.1, 0.15) is 23.1 Å². The Morgan fingerprint density at radius 3 is 2.55 bits per heavy atom. The van der Waals surface area contributed by atoms with E-state index >= 15 is 0 Å². The van der Waals surface area contributed by atoms with Crippen LogP contribution in [-0.2, 0) is 0 Å². The van der Waals surface area contributed by atoms with Gasteiger partial charge in [-0.1, -0.05) is 24.3 Å². The Bertz CT molecular complexity index is 1180. The van der Waals surface area contributed by atoms with Crippen LogP contribution in [0.4, 0.5) is 10.1 Å². The monoisotopic (exact) mass is 415 g/mol. The summed E-state index contributed by atoms with van der Waals surface area (Å²) in [6.45, 7) is 4.38. The average Bonchev–Trinajstić information content (AvgIpc) is 2.95. The third-order valence-electron chi connectivity index (χ3n) is 5.63. The van der Waals surface area contributed by atoms with Crippen molar-refractivity contribution < 1.29 is 13.9 Å².